The second-order valence-electron chi connectivity index (χ2n) is 5.61. The summed E-state index contributed by atoms with van der Waals surface area (Å²) in [6.07, 6.45) is 1.05. The first-order valence-corrected chi connectivity index (χ1v) is 5.77. The normalized spacial score (nSPS) is 36.0. The highest BCUT2D eigenvalue weighted by molar-refractivity contribution is 5.11. The SMILES string of the molecule is COC1(C)CC(NCC(C)CO)C1(C)C. The third-order valence-electron chi connectivity index (χ3n) is 4.30. The zero-order chi connectivity index (χ0) is 11.7. The van der Waals surface area contributed by atoms with Crippen molar-refractivity contribution in [2.24, 2.45) is 11.3 Å². The predicted octanol–water partition coefficient (Wildman–Crippen LogP) is 1.41. The Morgan fingerprint density at radius 1 is 1.47 bits per heavy atom. The number of nitrogens with one attached hydrogen (secondary N) is 1. The molecule has 0 aromatic heterocycles. The molecule has 1 saturated carbocycles. The molecule has 0 aliphatic heterocycles. The van der Waals surface area contributed by atoms with Crippen LogP contribution in [0, 0.1) is 11.3 Å². The standard InChI is InChI=1S/C12H25NO2/c1-9(8-14)7-13-10-6-12(4,15-5)11(10,2)3/h9-10,13-14H,6-8H2,1-5H3. The van der Waals surface area contributed by atoms with Crippen molar-refractivity contribution >= 4 is 0 Å². The van der Waals surface area contributed by atoms with E-state index < -0.39 is 0 Å². The first-order valence-electron chi connectivity index (χ1n) is 5.77. The smallest absolute Gasteiger partial charge is 0.0731 e. The molecule has 0 amide bonds. The van der Waals surface area contributed by atoms with Crippen LogP contribution in [0.3, 0.4) is 0 Å². The Bertz CT molecular complexity index is 218. The van der Waals surface area contributed by atoms with E-state index in [0.717, 1.165) is 13.0 Å². The molecule has 0 aromatic carbocycles. The molecule has 1 fully saturated rings. The monoisotopic (exact) mass is 215 g/mol. The average Bonchev–Trinajstić information content (AvgIpc) is 2.22. The molecule has 0 saturated heterocycles. The molecule has 1 aliphatic carbocycles. The third kappa shape index (κ3) is 2.19. The summed E-state index contributed by atoms with van der Waals surface area (Å²) in [4.78, 5) is 0. The van der Waals surface area contributed by atoms with Gasteiger partial charge in [0.05, 0.1) is 5.60 Å². The summed E-state index contributed by atoms with van der Waals surface area (Å²) in [6.45, 7) is 9.82. The topological polar surface area (TPSA) is 41.5 Å². The van der Waals surface area contributed by atoms with Gasteiger partial charge >= 0.3 is 0 Å². The summed E-state index contributed by atoms with van der Waals surface area (Å²) in [5, 5.41) is 12.5. The van der Waals surface area contributed by atoms with Crippen LogP contribution in [0.25, 0.3) is 0 Å². The number of aliphatic hydroxyl groups excluding tert-OH is 1. The van der Waals surface area contributed by atoms with Crippen molar-refractivity contribution in [3.63, 3.8) is 0 Å². The molecule has 2 N–H and O–H groups in total. The van der Waals surface area contributed by atoms with Crippen LogP contribution in [0.4, 0.5) is 0 Å². The molecule has 3 heteroatoms. The van der Waals surface area contributed by atoms with E-state index in [1.807, 2.05) is 6.92 Å². The van der Waals surface area contributed by atoms with Crippen LogP contribution in [0.15, 0.2) is 0 Å². The van der Waals surface area contributed by atoms with Crippen molar-refractivity contribution in [2.75, 3.05) is 20.3 Å². The van der Waals surface area contributed by atoms with Crippen LogP contribution in [0.5, 0.6) is 0 Å². The Labute approximate surface area is 93.2 Å². The molecule has 0 aromatic rings. The number of methoxy groups -OCH3 is 1. The Morgan fingerprint density at radius 3 is 2.47 bits per heavy atom. The lowest BCUT2D eigenvalue weighted by Crippen LogP contribution is -2.68. The van der Waals surface area contributed by atoms with Gasteiger partial charge in [-0.25, -0.2) is 0 Å². The zero-order valence-corrected chi connectivity index (χ0v) is 10.6. The van der Waals surface area contributed by atoms with Crippen molar-refractivity contribution in [1.29, 1.82) is 0 Å². The fourth-order valence-corrected chi connectivity index (χ4v) is 2.23. The molecule has 3 atom stereocenters. The Kier molecular flexibility index (Phi) is 3.80. The van der Waals surface area contributed by atoms with E-state index in [-0.39, 0.29) is 17.6 Å². The van der Waals surface area contributed by atoms with Gasteiger partial charge in [-0.05, 0) is 19.3 Å². The second kappa shape index (κ2) is 4.40. The Morgan fingerprint density at radius 2 is 2.07 bits per heavy atom. The highest BCUT2D eigenvalue weighted by Crippen LogP contribution is 2.51. The van der Waals surface area contributed by atoms with E-state index in [0.29, 0.717) is 12.0 Å². The van der Waals surface area contributed by atoms with Crippen LogP contribution >= 0.6 is 0 Å². The van der Waals surface area contributed by atoms with Gasteiger partial charge in [-0.1, -0.05) is 20.8 Å². The highest BCUT2D eigenvalue weighted by Gasteiger charge is 2.57. The van der Waals surface area contributed by atoms with Gasteiger partial charge < -0.3 is 15.2 Å². The predicted molar refractivity (Wildman–Crippen MR) is 61.9 cm³/mol. The van der Waals surface area contributed by atoms with E-state index in [1.165, 1.54) is 0 Å². The van der Waals surface area contributed by atoms with Gasteiger partial charge in [0.15, 0.2) is 0 Å². The maximum absolute atomic E-state index is 8.95. The van der Waals surface area contributed by atoms with Crippen LogP contribution in [0.1, 0.15) is 34.1 Å². The van der Waals surface area contributed by atoms with Gasteiger partial charge in [-0.15, -0.1) is 0 Å². The second-order valence-corrected chi connectivity index (χ2v) is 5.61. The summed E-state index contributed by atoms with van der Waals surface area (Å²) >= 11 is 0. The molecule has 0 spiro atoms. The summed E-state index contributed by atoms with van der Waals surface area (Å²) in [6, 6.07) is 0.497. The molecule has 3 unspecified atom stereocenters. The average molecular weight is 215 g/mol. The van der Waals surface area contributed by atoms with Crippen molar-refractivity contribution < 1.29 is 9.84 Å². The Balaban J connectivity index is 2.42. The summed E-state index contributed by atoms with van der Waals surface area (Å²) in [7, 11) is 1.79. The number of ether oxygens (including phenoxy) is 1. The van der Waals surface area contributed by atoms with Gasteiger partial charge in [0, 0.05) is 31.7 Å². The van der Waals surface area contributed by atoms with Crippen molar-refractivity contribution in [3.05, 3.63) is 0 Å². The Hall–Kier alpha value is -0.120. The van der Waals surface area contributed by atoms with E-state index >= 15 is 0 Å². The zero-order valence-electron chi connectivity index (χ0n) is 10.6. The first kappa shape index (κ1) is 12.9. The molecule has 1 aliphatic rings. The van der Waals surface area contributed by atoms with Crippen LogP contribution in [-0.4, -0.2) is 37.0 Å². The minimum Gasteiger partial charge on any atom is -0.396 e. The van der Waals surface area contributed by atoms with Gasteiger partial charge in [0.1, 0.15) is 0 Å². The lowest BCUT2D eigenvalue weighted by atomic mass is 9.56. The number of hydrogen-bond donors (Lipinski definition) is 2. The van der Waals surface area contributed by atoms with Crippen LogP contribution < -0.4 is 5.32 Å². The molecule has 0 heterocycles. The van der Waals surface area contributed by atoms with Crippen molar-refractivity contribution in [3.8, 4) is 0 Å². The third-order valence-corrected chi connectivity index (χ3v) is 4.30. The van der Waals surface area contributed by atoms with Gasteiger partial charge in [-0.3, -0.25) is 0 Å². The van der Waals surface area contributed by atoms with E-state index in [1.54, 1.807) is 7.11 Å². The molecule has 0 bridgehead atoms. The van der Waals surface area contributed by atoms with Crippen LogP contribution in [0.2, 0.25) is 0 Å². The van der Waals surface area contributed by atoms with Crippen molar-refractivity contribution in [2.45, 2.75) is 45.8 Å². The highest BCUT2D eigenvalue weighted by atomic mass is 16.5. The fourth-order valence-electron chi connectivity index (χ4n) is 2.23. The summed E-state index contributed by atoms with van der Waals surface area (Å²) in [5.41, 5.74) is 0.157. The van der Waals surface area contributed by atoms with Gasteiger partial charge in [0.2, 0.25) is 0 Å². The number of rotatable bonds is 5. The molecule has 3 nitrogen and oxygen atoms in total. The minimum absolute atomic E-state index is 0.00683. The maximum Gasteiger partial charge on any atom is 0.0731 e. The quantitative estimate of drug-likeness (QED) is 0.728. The molecule has 0 radical (unpaired) electrons. The molecule has 1 rings (SSSR count). The van der Waals surface area contributed by atoms with E-state index in [2.05, 4.69) is 26.1 Å². The van der Waals surface area contributed by atoms with Gasteiger partial charge in [-0.2, -0.15) is 0 Å². The number of aliphatic hydroxyl groups is 1. The van der Waals surface area contributed by atoms with Crippen LogP contribution in [-0.2, 0) is 4.74 Å². The van der Waals surface area contributed by atoms with Crippen molar-refractivity contribution in [1.82, 2.24) is 5.32 Å². The lowest BCUT2D eigenvalue weighted by Gasteiger charge is -2.59. The largest absolute Gasteiger partial charge is 0.396 e. The summed E-state index contributed by atoms with van der Waals surface area (Å²) in [5.74, 6) is 0.329. The van der Waals surface area contributed by atoms with E-state index in [4.69, 9.17) is 9.84 Å². The van der Waals surface area contributed by atoms with E-state index in [9.17, 15) is 0 Å². The molecule has 90 valence electrons. The summed E-state index contributed by atoms with van der Waals surface area (Å²) < 4.78 is 5.56. The minimum atomic E-state index is -0.00683. The molecule has 15 heavy (non-hydrogen) atoms. The molecular weight excluding hydrogens is 190 g/mol. The molecular formula is C12H25NO2. The fraction of sp³-hybridized carbons (Fsp3) is 1.00. The number of hydrogen-bond acceptors (Lipinski definition) is 3. The lowest BCUT2D eigenvalue weighted by molar-refractivity contribution is -0.180. The maximum atomic E-state index is 8.95. The van der Waals surface area contributed by atoms with Gasteiger partial charge in [0.25, 0.3) is 0 Å². The first-order chi connectivity index (χ1) is 6.87.